The van der Waals surface area contributed by atoms with Gasteiger partial charge in [-0.15, -0.1) is 0 Å². The van der Waals surface area contributed by atoms with E-state index in [2.05, 4.69) is 12.2 Å². The quantitative estimate of drug-likeness (QED) is 0.261. The van der Waals surface area contributed by atoms with Crippen molar-refractivity contribution in [1.29, 1.82) is 0 Å². The van der Waals surface area contributed by atoms with Gasteiger partial charge in [0.25, 0.3) is 5.91 Å². The number of nitrogens with one attached hydrogen (secondary N) is 1. The van der Waals surface area contributed by atoms with Crippen LogP contribution in [-0.4, -0.2) is 69.6 Å². The van der Waals surface area contributed by atoms with Gasteiger partial charge in [0.05, 0.1) is 35.9 Å². The molecule has 3 fully saturated rings. The first-order chi connectivity index (χ1) is 22.5. The Hall–Kier alpha value is -3.37. The van der Waals surface area contributed by atoms with Crippen molar-refractivity contribution < 1.29 is 39.2 Å². The summed E-state index contributed by atoms with van der Waals surface area (Å²) in [6.45, 7) is 13.9. The molecule has 1 aliphatic heterocycles. The number of ketones is 1. The molecule has 48 heavy (non-hydrogen) atoms. The Kier molecular flexibility index (Phi) is 8.55. The van der Waals surface area contributed by atoms with Gasteiger partial charge in [0.1, 0.15) is 11.9 Å². The average Bonchev–Trinajstić information content (AvgIpc) is 3.06. The highest BCUT2D eigenvalue weighted by Crippen LogP contribution is 2.67. The van der Waals surface area contributed by atoms with Crippen LogP contribution in [0.5, 0.6) is 0 Å². The van der Waals surface area contributed by atoms with E-state index < -0.39 is 75.8 Å². The highest BCUT2D eigenvalue weighted by atomic mass is 16.6. The third-order valence-electron chi connectivity index (χ3n) is 12.9. The topological polar surface area (TPSA) is 142 Å². The fourth-order valence-corrected chi connectivity index (χ4v) is 10.2. The Labute approximate surface area is 282 Å². The summed E-state index contributed by atoms with van der Waals surface area (Å²) in [7, 11) is 0. The fourth-order valence-electron chi connectivity index (χ4n) is 10.2. The van der Waals surface area contributed by atoms with Gasteiger partial charge in [-0.3, -0.25) is 9.59 Å². The minimum Gasteiger partial charge on any atom is -0.456 e. The van der Waals surface area contributed by atoms with Crippen LogP contribution in [0.2, 0.25) is 0 Å². The van der Waals surface area contributed by atoms with Crippen molar-refractivity contribution in [2.75, 3.05) is 6.61 Å². The average molecular weight is 660 g/mol. The molecule has 2 aromatic carbocycles. The van der Waals surface area contributed by atoms with E-state index >= 15 is 0 Å². The van der Waals surface area contributed by atoms with Gasteiger partial charge in [-0.2, -0.15) is 0 Å². The SMILES string of the molecule is CC1=C2[C@@H](C)C(=O)[C@@]3(C)[C@H]([C@H](C)[C@](O)(CC1OC(=O)[C@H](O)[C@@H](NC(=O)c1ccccc1)c1ccccc1)C2(C)C)[C@]1(C)CO[C@@H]1C[C@@H]3O. The van der Waals surface area contributed by atoms with Crippen LogP contribution in [0.15, 0.2) is 71.8 Å². The lowest BCUT2D eigenvalue weighted by Crippen LogP contribution is -2.74. The van der Waals surface area contributed by atoms with E-state index in [0.717, 1.165) is 0 Å². The standard InChI is InChI=1S/C39H49NO8/c1-21-26(48-35(45)31(42)30(24-14-10-8-11-15-24)40-34(44)25-16-12-9-13-17-25)19-39(46)23(3)32-37(6)20-47-28(37)18-27(41)38(32,7)33(43)22(2)29(21)36(39,4)5/h8-17,22-23,26-28,30-32,41-42,46H,18-20H2,1-7H3,(H,40,44)/t22-,23+,26?,27+,28-,30+,31-,32-,37-,38-,39-/m1/s1. The van der Waals surface area contributed by atoms with E-state index in [0.29, 0.717) is 35.3 Å². The van der Waals surface area contributed by atoms with Crippen LogP contribution in [0.4, 0.5) is 0 Å². The van der Waals surface area contributed by atoms with Crippen molar-refractivity contribution in [2.24, 2.45) is 34.0 Å². The number of aliphatic hydroxyl groups excluding tert-OH is 2. The zero-order chi connectivity index (χ0) is 35.0. The number of esters is 1. The summed E-state index contributed by atoms with van der Waals surface area (Å²) >= 11 is 0. The lowest BCUT2D eigenvalue weighted by molar-refractivity contribution is -0.301. The molecular formula is C39H49NO8. The van der Waals surface area contributed by atoms with Crippen LogP contribution in [0.3, 0.4) is 0 Å². The molecule has 0 radical (unpaired) electrons. The number of benzene rings is 2. The first-order valence-electron chi connectivity index (χ1n) is 17.1. The zero-order valence-electron chi connectivity index (χ0n) is 28.9. The third kappa shape index (κ3) is 4.91. The molecule has 0 spiro atoms. The minimum atomic E-state index is -1.77. The summed E-state index contributed by atoms with van der Waals surface area (Å²) in [5.41, 5.74) is -1.69. The number of Topliss-reactive ketones (excluding diaryl/α,β-unsaturated/α-hetero) is 1. The molecule has 4 aliphatic rings. The predicted molar refractivity (Wildman–Crippen MR) is 178 cm³/mol. The highest BCUT2D eigenvalue weighted by Gasteiger charge is 2.72. The van der Waals surface area contributed by atoms with Gasteiger partial charge < -0.3 is 30.1 Å². The van der Waals surface area contributed by atoms with Crippen LogP contribution in [0.1, 0.15) is 83.3 Å². The lowest BCUT2D eigenvalue weighted by atomic mass is 9.40. The van der Waals surface area contributed by atoms with Gasteiger partial charge in [-0.1, -0.05) is 83.1 Å². The molecule has 258 valence electrons. The Morgan fingerprint density at radius 2 is 1.60 bits per heavy atom. The third-order valence-corrected chi connectivity index (χ3v) is 12.9. The normalized spacial score (nSPS) is 38.2. The van der Waals surface area contributed by atoms with Crippen LogP contribution in [0, 0.1) is 34.0 Å². The van der Waals surface area contributed by atoms with Gasteiger partial charge >= 0.3 is 5.97 Å². The Bertz CT molecular complexity index is 1620. The molecule has 6 rings (SSSR count). The van der Waals surface area contributed by atoms with Crippen LogP contribution < -0.4 is 5.32 Å². The molecule has 1 amide bonds. The van der Waals surface area contributed by atoms with E-state index in [-0.39, 0.29) is 18.3 Å². The fraction of sp³-hybridized carbons (Fsp3) is 0.564. The second kappa shape index (κ2) is 11.9. The molecule has 2 aromatic rings. The van der Waals surface area contributed by atoms with Gasteiger partial charge in [0.15, 0.2) is 6.10 Å². The molecule has 4 N–H and O–H groups in total. The second-order valence-electron chi connectivity index (χ2n) is 15.6. The van der Waals surface area contributed by atoms with Gasteiger partial charge in [-0.25, -0.2) is 4.79 Å². The molecule has 2 saturated carbocycles. The maximum atomic E-state index is 14.7. The molecule has 3 aliphatic carbocycles. The smallest absolute Gasteiger partial charge is 0.338 e. The summed E-state index contributed by atoms with van der Waals surface area (Å²) in [4.78, 5) is 41.7. The summed E-state index contributed by atoms with van der Waals surface area (Å²) < 4.78 is 12.0. The number of fused-ring (bicyclic) bond motifs is 5. The Morgan fingerprint density at radius 3 is 2.19 bits per heavy atom. The minimum absolute atomic E-state index is 0.0343. The van der Waals surface area contributed by atoms with Crippen molar-refractivity contribution in [1.82, 2.24) is 5.32 Å². The van der Waals surface area contributed by atoms with Gasteiger partial charge in [-0.05, 0) is 54.5 Å². The van der Waals surface area contributed by atoms with Crippen LogP contribution >= 0.6 is 0 Å². The van der Waals surface area contributed by atoms with E-state index in [4.69, 9.17) is 9.47 Å². The number of hydrogen-bond acceptors (Lipinski definition) is 8. The predicted octanol–water partition coefficient (Wildman–Crippen LogP) is 4.56. The number of amides is 1. The second-order valence-corrected chi connectivity index (χ2v) is 15.6. The molecule has 1 unspecified atom stereocenters. The molecule has 9 nitrogen and oxygen atoms in total. The first kappa shape index (κ1) is 34.5. The van der Waals surface area contributed by atoms with E-state index in [9.17, 15) is 29.7 Å². The number of carbonyl (C=O) groups excluding carboxylic acids is 3. The number of ether oxygens (including phenoxy) is 2. The van der Waals surface area contributed by atoms with Gasteiger partial charge in [0, 0.05) is 35.2 Å². The van der Waals surface area contributed by atoms with Crippen molar-refractivity contribution in [3.8, 4) is 0 Å². The van der Waals surface area contributed by atoms with Crippen molar-refractivity contribution >= 4 is 17.7 Å². The Morgan fingerprint density at radius 1 is 1.00 bits per heavy atom. The highest BCUT2D eigenvalue weighted by molar-refractivity contribution is 5.95. The molecular weight excluding hydrogens is 610 g/mol. The summed E-state index contributed by atoms with van der Waals surface area (Å²) in [6, 6.07) is 16.2. The summed E-state index contributed by atoms with van der Waals surface area (Å²) in [5, 5.41) is 38.9. The molecule has 1 heterocycles. The zero-order valence-corrected chi connectivity index (χ0v) is 28.9. The molecule has 11 atom stereocenters. The monoisotopic (exact) mass is 659 g/mol. The maximum Gasteiger partial charge on any atom is 0.338 e. The van der Waals surface area contributed by atoms with Crippen molar-refractivity contribution in [3.05, 3.63) is 82.9 Å². The van der Waals surface area contributed by atoms with E-state index in [1.807, 2.05) is 41.5 Å². The maximum absolute atomic E-state index is 14.7. The molecule has 2 bridgehead atoms. The number of hydrogen-bond donors (Lipinski definition) is 4. The number of carbonyl (C=O) groups is 3. The molecule has 0 aromatic heterocycles. The van der Waals surface area contributed by atoms with E-state index in [1.54, 1.807) is 60.7 Å². The van der Waals surface area contributed by atoms with Crippen molar-refractivity contribution in [2.45, 2.75) is 97.4 Å². The van der Waals surface area contributed by atoms with E-state index in [1.165, 1.54) is 0 Å². The van der Waals surface area contributed by atoms with Crippen molar-refractivity contribution in [3.63, 3.8) is 0 Å². The molecule has 9 heteroatoms. The number of rotatable bonds is 6. The summed E-state index contributed by atoms with van der Waals surface area (Å²) in [5.74, 6) is -3.11. The Balaban J connectivity index is 1.37. The summed E-state index contributed by atoms with van der Waals surface area (Å²) in [6.07, 6.45) is -3.49. The lowest BCUT2D eigenvalue weighted by Gasteiger charge is -2.68. The largest absolute Gasteiger partial charge is 0.456 e. The van der Waals surface area contributed by atoms with Crippen LogP contribution in [0.25, 0.3) is 0 Å². The van der Waals surface area contributed by atoms with Gasteiger partial charge in [0.2, 0.25) is 0 Å². The first-order valence-corrected chi connectivity index (χ1v) is 17.1. The molecule has 1 saturated heterocycles. The van der Waals surface area contributed by atoms with Crippen LogP contribution in [-0.2, 0) is 19.1 Å². The number of aliphatic hydroxyl groups is 3.